The predicted octanol–water partition coefficient (Wildman–Crippen LogP) is 2.75. The largest absolute Gasteiger partial charge is 0.484 e. The molecule has 0 saturated heterocycles. The Morgan fingerprint density at radius 2 is 1.76 bits per heavy atom. The fourth-order valence-corrected chi connectivity index (χ4v) is 2.50. The monoisotopic (exact) mass is 340 g/mol. The van der Waals surface area contributed by atoms with Crippen LogP contribution in [0.25, 0.3) is 0 Å². The molecule has 0 unspecified atom stereocenters. The van der Waals surface area contributed by atoms with Gasteiger partial charge in [0.25, 0.3) is 5.91 Å². The quantitative estimate of drug-likeness (QED) is 0.736. The molecule has 0 spiro atoms. The third kappa shape index (κ3) is 6.67. The van der Waals surface area contributed by atoms with Crippen LogP contribution >= 0.6 is 0 Å². The maximum absolute atomic E-state index is 12.1. The highest BCUT2D eigenvalue weighted by molar-refractivity contribution is 5.76. The molecule has 25 heavy (non-hydrogen) atoms. The molecule has 0 fully saturated rings. The molecule has 1 atom stereocenters. The third-order valence-electron chi connectivity index (χ3n) is 3.85. The van der Waals surface area contributed by atoms with Crippen molar-refractivity contribution in [3.05, 3.63) is 65.7 Å². The highest BCUT2D eigenvalue weighted by atomic mass is 16.5. The van der Waals surface area contributed by atoms with Gasteiger partial charge in [0, 0.05) is 6.42 Å². The van der Waals surface area contributed by atoms with Crippen molar-refractivity contribution in [2.45, 2.75) is 32.2 Å². The Balaban J connectivity index is 1.75. The van der Waals surface area contributed by atoms with E-state index in [1.165, 1.54) is 5.56 Å². The van der Waals surface area contributed by atoms with Gasteiger partial charge in [0.2, 0.25) is 5.91 Å². The molecular formula is C20H24N2O3. The lowest BCUT2D eigenvalue weighted by molar-refractivity contribution is -0.122. The minimum Gasteiger partial charge on any atom is -0.484 e. The van der Waals surface area contributed by atoms with E-state index in [4.69, 9.17) is 10.5 Å². The summed E-state index contributed by atoms with van der Waals surface area (Å²) in [4.78, 5) is 22.8. The molecule has 2 aromatic rings. The SMILES string of the molecule is C[C@H](NC(=O)CCCc1ccccc1)c1ccc(OCC(N)=O)cc1. The van der Waals surface area contributed by atoms with Crippen LogP contribution in [-0.4, -0.2) is 18.4 Å². The van der Waals surface area contributed by atoms with Crippen LogP contribution in [0.3, 0.4) is 0 Å². The topological polar surface area (TPSA) is 81.4 Å². The molecule has 5 nitrogen and oxygen atoms in total. The second kappa shape index (κ2) is 9.47. The number of nitrogens with two attached hydrogens (primary N) is 1. The van der Waals surface area contributed by atoms with Crippen LogP contribution in [0.4, 0.5) is 0 Å². The van der Waals surface area contributed by atoms with E-state index in [1.54, 1.807) is 12.1 Å². The third-order valence-corrected chi connectivity index (χ3v) is 3.85. The van der Waals surface area contributed by atoms with Gasteiger partial charge in [-0.2, -0.15) is 0 Å². The predicted molar refractivity (Wildman–Crippen MR) is 97.1 cm³/mol. The summed E-state index contributed by atoms with van der Waals surface area (Å²) in [5, 5.41) is 3.00. The van der Waals surface area contributed by atoms with Crippen LogP contribution in [0.2, 0.25) is 0 Å². The number of hydrogen-bond acceptors (Lipinski definition) is 3. The summed E-state index contributed by atoms with van der Waals surface area (Å²) in [6, 6.07) is 17.3. The minimum absolute atomic E-state index is 0.0393. The van der Waals surface area contributed by atoms with E-state index in [9.17, 15) is 9.59 Å². The fraction of sp³-hybridized carbons (Fsp3) is 0.300. The zero-order valence-electron chi connectivity index (χ0n) is 14.4. The molecule has 0 heterocycles. The standard InChI is InChI=1S/C20H24N2O3/c1-15(17-10-12-18(13-11-17)25-14-19(21)23)22-20(24)9-5-8-16-6-3-2-4-7-16/h2-4,6-7,10-13,15H,5,8-9,14H2,1H3,(H2,21,23)(H,22,24)/t15-/m0/s1. The summed E-state index contributed by atoms with van der Waals surface area (Å²) in [5.41, 5.74) is 7.26. The van der Waals surface area contributed by atoms with Gasteiger partial charge in [-0.05, 0) is 43.0 Å². The van der Waals surface area contributed by atoms with Gasteiger partial charge in [0.15, 0.2) is 6.61 Å². The van der Waals surface area contributed by atoms with Crippen LogP contribution in [0.1, 0.15) is 36.9 Å². The van der Waals surface area contributed by atoms with Crippen molar-refractivity contribution >= 4 is 11.8 Å². The number of carbonyl (C=O) groups is 2. The molecule has 0 radical (unpaired) electrons. The Labute approximate surface area is 148 Å². The first-order valence-corrected chi connectivity index (χ1v) is 8.39. The number of benzene rings is 2. The molecule has 2 rings (SSSR count). The molecule has 0 aliphatic rings. The molecular weight excluding hydrogens is 316 g/mol. The zero-order chi connectivity index (χ0) is 18.1. The van der Waals surface area contributed by atoms with Crippen molar-refractivity contribution in [3.63, 3.8) is 0 Å². The smallest absolute Gasteiger partial charge is 0.255 e. The highest BCUT2D eigenvalue weighted by Crippen LogP contribution is 2.18. The minimum atomic E-state index is -0.514. The average molecular weight is 340 g/mol. The number of ether oxygens (including phenoxy) is 1. The Morgan fingerprint density at radius 3 is 2.40 bits per heavy atom. The number of nitrogens with one attached hydrogen (secondary N) is 1. The first-order chi connectivity index (χ1) is 12.0. The van der Waals surface area contributed by atoms with Gasteiger partial charge < -0.3 is 15.8 Å². The summed E-state index contributed by atoms with van der Waals surface area (Å²) in [6.45, 7) is 1.79. The van der Waals surface area contributed by atoms with Crippen molar-refractivity contribution in [1.82, 2.24) is 5.32 Å². The van der Waals surface area contributed by atoms with Crippen molar-refractivity contribution in [3.8, 4) is 5.75 Å². The number of hydrogen-bond donors (Lipinski definition) is 2. The van der Waals surface area contributed by atoms with Gasteiger partial charge in [-0.1, -0.05) is 42.5 Å². The normalized spacial score (nSPS) is 11.6. The fourth-order valence-electron chi connectivity index (χ4n) is 2.50. The molecule has 0 saturated carbocycles. The van der Waals surface area contributed by atoms with E-state index in [0.717, 1.165) is 18.4 Å². The number of primary amides is 1. The van der Waals surface area contributed by atoms with Crippen LogP contribution in [0, 0.1) is 0 Å². The van der Waals surface area contributed by atoms with Crippen molar-refractivity contribution in [1.29, 1.82) is 0 Å². The Morgan fingerprint density at radius 1 is 1.08 bits per heavy atom. The lowest BCUT2D eigenvalue weighted by atomic mass is 10.1. The number of amides is 2. The lowest BCUT2D eigenvalue weighted by Gasteiger charge is -2.15. The van der Waals surface area contributed by atoms with E-state index >= 15 is 0 Å². The zero-order valence-corrected chi connectivity index (χ0v) is 14.4. The summed E-state index contributed by atoms with van der Waals surface area (Å²) in [7, 11) is 0. The number of rotatable bonds is 9. The first kappa shape index (κ1) is 18.5. The molecule has 132 valence electrons. The van der Waals surface area contributed by atoms with Gasteiger partial charge >= 0.3 is 0 Å². The molecule has 5 heteroatoms. The maximum atomic E-state index is 12.1. The molecule has 2 amide bonds. The summed E-state index contributed by atoms with van der Waals surface area (Å²) in [6.07, 6.45) is 2.22. The number of aryl methyl sites for hydroxylation is 1. The molecule has 3 N–H and O–H groups in total. The maximum Gasteiger partial charge on any atom is 0.255 e. The summed E-state index contributed by atoms with van der Waals surface area (Å²) < 4.78 is 5.22. The van der Waals surface area contributed by atoms with Gasteiger partial charge in [-0.15, -0.1) is 0 Å². The Bertz CT molecular complexity index is 684. The van der Waals surface area contributed by atoms with E-state index in [-0.39, 0.29) is 18.6 Å². The van der Waals surface area contributed by atoms with Gasteiger partial charge in [-0.3, -0.25) is 9.59 Å². The van der Waals surface area contributed by atoms with Gasteiger partial charge in [0.1, 0.15) is 5.75 Å². The molecule has 0 aliphatic heterocycles. The Hall–Kier alpha value is -2.82. The van der Waals surface area contributed by atoms with Gasteiger partial charge in [-0.25, -0.2) is 0 Å². The lowest BCUT2D eigenvalue weighted by Crippen LogP contribution is -2.26. The summed E-state index contributed by atoms with van der Waals surface area (Å²) >= 11 is 0. The van der Waals surface area contributed by atoms with E-state index < -0.39 is 5.91 Å². The Kier molecular flexibility index (Phi) is 7.01. The molecule has 2 aromatic carbocycles. The van der Waals surface area contributed by atoms with Crippen molar-refractivity contribution in [2.24, 2.45) is 5.73 Å². The van der Waals surface area contributed by atoms with Gasteiger partial charge in [0.05, 0.1) is 6.04 Å². The van der Waals surface area contributed by atoms with Crippen LogP contribution in [0.5, 0.6) is 5.75 Å². The average Bonchev–Trinajstić information content (AvgIpc) is 2.61. The van der Waals surface area contributed by atoms with Crippen LogP contribution in [-0.2, 0) is 16.0 Å². The van der Waals surface area contributed by atoms with Crippen LogP contribution < -0.4 is 15.8 Å². The van der Waals surface area contributed by atoms with E-state index in [2.05, 4.69) is 17.4 Å². The van der Waals surface area contributed by atoms with E-state index in [0.29, 0.717) is 12.2 Å². The second-order valence-corrected chi connectivity index (χ2v) is 5.95. The van der Waals surface area contributed by atoms with E-state index in [1.807, 2.05) is 37.3 Å². The first-order valence-electron chi connectivity index (χ1n) is 8.39. The molecule has 0 aliphatic carbocycles. The summed E-state index contributed by atoms with van der Waals surface area (Å²) in [5.74, 6) is 0.0987. The highest BCUT2D eigenvalue weighted by Gasteiger charge is 2.10. The van der Waals surface area contributed by atoms with Crippen molar-refractivity contribution < 1.29 is 14.3 Å². The van der Waals surface area contributed by atoms with Crippen molar-refractivity contribution in [2.75, 3.05) is 6.61 Å². The number of carbonyl (C=O) groups excluding carboxylic acids is 2. The molecule has 0 bridgehead atoms. The van der Waals surface area contributed by atoms with Crippen LogP contribution in [0.15, 0.2) is 54.6 Å². The molecule has 0 aromatic heterocycles. The second-order valence-electron chi connectivity index (χ2n) is 5.95.